The van der Waals surface area contributed by atoms with Gasteiger partial charge in [0.15, 0.2) is 0 Å². The molecule has 0 aromatic heterocycles. The Hall–Kier alpha value is -2.21. The molecule has 2 aromatic carbocycles. The summed E-state index contributed by atoms with van der Waals surface area (Å²) in [5.74, 6) is -2.64. The predicted molar refractivity (Wildman–Crippen MR) is 86.5 cm³/mol. The fourth-order valence-electron chi connectivity index (χ4n) is 1.87. The van der Waals surface area contributed by atoms with Gasteiger partial charge in [-0.05, 0) is 24.0 Å². The summed E-state index contributed by atoms with van der Waals surface area (Å²) in [6, 6.07) is 15.8. The van der Waals surface area contributed by atoms with Crippen LogP contribution in [0.25, 0.3) is 11.5 Å². The van der Waals surface area contributed by atoms with E-state index in [4.69, 9.17) is 11.5 Å². The van der Waals surface area contributed by atoms with Crippen molar-refractivity contribution in [2.24, 2.45) is 0 Å². The molecular formula is C18H18N2NiO4-2. The summed E-state index contributed by atoms with van der Waals surface area (Å²) in [5, 5.41) is 20.4. The standard InChI is InChI=1S/2C9H10NO2.Ni/c2*10-8(9(11)12)6-7-4-2-1-3-5-7;/h2*1-5,8,10H,6H2,(H,11,12);/q2*-1;+2/p-2. The van der Waals surface area contributed by atoms with Crippen LogP contribution in [0.2, 0.25) is 0 Å². The van der Waals surface area contributed by atoms with Gasteiger partial charge in [0, 0.05) is 11.9 Å². The van der Waals surface area contributed by atoms with Crippen LogP contribution in [0.1, 0.15) is 11.1 Å². The Morgan fingerprint density at radius 1 is 0.720 bits per heavy atom. The second kappa shape index (κ2) is 12.2. The Labute approximate surface area is 156 Å². The molecule has 2 aromatic rings. The van der Waals surface area contributed by atoms with Crippen LogP contribution in [0.15, 0.2) is 60.7 Å². The molecule has 0 bridgehead atoms. The van der Waals surface area contributed by atoms with E-state index < -0.39 is 24.0 Å². The summed E-state index contributed by atoms with van der Waals surface area (Å²) in [4.78, 5) is 20.4. The molecule has 0 fully saturated rings. The molecule has 0 aliphatic rings. The largest absolute Gasteiger partial charge is 2.00 e. The molecule has 0 spiro atoms. The van der Waals surface area contributed by atoms with Crippen LogP contribution in [-0.2, 0) is 38.9 Å². The smallest absolute Gasteiger partial charge is 0.670 e. The van der Waals surface area contributed by atoms with Crippen LogP contribution in [0.5, 0.6) is 0 Å². The number of hydrogen-bond acceptors (Lipinski definition) is 4. The van der Waals surface area contributed by atoms with Crippen LogP contribution >= 0.6 is 0 Å². The molecule has 0 saturated carbocycles. The molecule has 0 amide bonds. The van der Waals surface area contributed by atoms with Crippen molar-refractivity contribution in [2.45, 2.75) is 24.9 Å². The molecule has 25 heavy (non-hydrogen) atoms. The molecule has 2 rings (SSSR count). The van der Waals surface area contributed by atoms with Gasteiger partial charge in [0.05, 0.1) is 0 Å². The van der Waals surface area contributed by atoms with Crippen LogP contribution in [0, 0.1) is 0 Å². The van der Waals surface area contributed by atoms with E-state index in [2.05, 4.69) is 0 Å². The van der Waals surface area contributed by atoms with Crippen molar-refractivity contribution in [3.05, 3.63) is 83.3 Å². The molecule has 2 unspecified atom stereocenters. The number of carboxylic acid groups (broad SMARTS) is 2. The number of aliphatic carboxylic acids is 2. The van der Waals surface area contributed by atoms with Crippen molar-refractivity contribution in [1.82, 2.24) is 0 Å². The molecule has 0 aliphatic heterocycles. The Bertz CT molecular complexity index is 581. The van der Waals surface area contributed by atoms with E-state index in [0.717, 1.165) is 11.1 Å². The molecule has 0 heterocycles. The third kappa shape index (κ3) is 9.62. The summed E-state index contributed by atoms with van der Waals surface area (Å²) < 4.78 is 0. The summed E-state index contributed by atoms with van der Waals surface area (Å²) in [5.41, 5.74) is 15.9. The monoisotopic (exact) mass is 384 g/mol. The maximum atomic E-state index is 10.2. The Morgan fingerprint density at radius 3 is 1.24 bits per heavy atom. The number of benzene rings is 2. The zero-order valence-corrected chi connectivity index (χ0v) is 14.3. The van der Waals surface area contributed by atoms with Gasteiger partial charge in [-0.15, -0.1) is 0 Å². The maximum absolute atomic E-state index is 10.2. The van der Waals surface area contributed by atoms with E-state index in [1.165, 1.54) is 0 Å². The third-order valence-corrected chi connectivity index (χ3v) is 3.13. The maximum Gasteiger partial charge on any atom is 2.00 e. The van der Waals surface area contributed by atoms with Crippen LogP contribution < -0.4 is 10.2 Å². The van der Waals surface area contributed by atoms with E-state index >= 15 is 0 Å². The molecule has 0 radical (unpaired) electrons. The zero-order valence-electron chi connectivity index (χ0n) is 13.3. The minimum Gasteiger partial charge on any atom is -0.670 e. The number of hydrogen-bond donors (Lipinski definition) is 0. The minimum atomic E-state index is -1.32. The minimum absolute atomic E-state index is 0. The first kappa shape index (κ1) is 22.8. The summed E-state index contributed by atoms with van der Waals surface area (Å²) >= 11 is 0. The second-order valence-electron chi connectivity index (χ2n) is 5.12. The van der Waals surface area contributed by atoms with E-state index in [9.17, 15) is 19.8 Å². The molecular weight excluding hydrogens is 367 g/mol. The second-order valence-corrected chi connectivity index (χ2v) is 5.12. The molecule has 6 nitrogen and oxygen atoms in total. The topological polar surface area (TPSA) is 128 Å². The van der Waals surface area contributed by atoms with Gasteiger partial charge in [-0.2, -0.15) is 0 Å². The van der Waals surface area contributed by atoms with Gasteiger partial charge in [0.2, 0.25) is 0 Å². The fraction of sp³-hybridized carbons (Fsp3) is 0.222. The third-order valence-electron chi connectivity index (χ3n) is 3.13. The van der Waals surface area contributed by atoms with E-state index in [1.807, 2.05) is 36.4 Å². The SMILES string of the molecule is [NH-]C(Cc1ccccc1)C(=O)[O-].[NH-]C(Cc1ccccc1)C(=O)[O-].[Ni+2]. The van der Waals surface area contributed by atoms with Crippen LogP contribution in [-0.4, -0.2) is 24.0 Å². The quantitative estimate of drug-likeness (QED) is 0.682. The molecule has 136 valence electrons. The van der Waals surface area contributed by atoms with Crippen molar-refractivity contribution in [3.8, 4) is 0 Å². The van der Waals surface area contributed by atoms with E-state index in [1.54, 1.807) is 24.3 Å². The van der Waals surface area contributed by atoms with Gasteiger partial charge >= 0.3 is 16.5 Å². The van der Waals surface area contributed by atoms with Crippen molar-refractivity contribution < 1.29 is 36.3 Å². The zero-order chi connectivity index (χ0) is 17.9. The van der Waals surface area contributed by atoms with Gasteiger partial charge < -0.3 is 31.3 Å². The first-order valence-corrected chi connectivity index (χ1v) is 7.32. The van der Waals surface area contributed by atoms with Gasteiger partial charge in [0.1, 0.15) is 0 Å². The first-order chi connectivity index (χ1) is 11.4. The molecule has 2 N–H and O–H groups in total. The van der Waals surface area contributed by atoms with Crippen LogP contribution in [0.3, 0.4) is 0 Å². The van der Waals surface area contributed by atoms with E-state index in [-0.39, 0.29) is 29.3 Å². The number of carbonyl (C=O) groups is 2. The van der Waals surface area contributed by atoms with E-state index in [0.29, 0.717) is 0 Å². The molecule has 0 saturated heterocycles. The van der Waals surface area contributed by atoms with Crippen molar-refractivity contribution in [2.75, 3.05) is 0 Å². The van der Waals surface area contributed by atoms with Gasteiger partial charge in [-0.3, -0.25) is 0 Å². The molecule has 2 atom stereocenters. The van der Waals surface area contributed by atoms with Crippen LogP contribution in [0.4, 0.5) is 0 Å². The Morgan fingerprint density at radius 2 is 1.00 bits per heavy atom. The average molecular weight is 385 g/mol. The Kier molecular flexibility index (Phi) is 11.1. The average Bonchev–Trinajstić information content (AvgIpc) is 2.57. The van der Waals surface area contributed by atoms with Gasteiger partial charge in [-0.25, -0.2) is 0 Å². The van der Waals surface area contributed by atoms with Crippen molar-refractivity contribution >= 4 is 11.9 Å². The van der Waals surface area contributed by atoms with Gasteiger partial charge in [0.25, 0.3) is 0 Å². The number of carbonyl (C=O) groups excluding carboxylic acids is 2. The Balaban J connectivity index is 0.000000443. The van der Waals surface area contributed by atoms with Crippen molar-refractivity contribution in [3.63, 3.8) is 0 Å². The fourth-order valence-corrected chi connectivity index (χ4v) is 1.87. The van der Waals surface area contributed by atoms with Crippen molar-refractivity contribution in [1.29, 1.82) is 0 Å². The number of nitrogens with one attached hydrogen (secondary N) is 2. The summed E-state index contributed by atoms with van der Waals surface area (Å²) in [7, 11) is 0. The normalized spacial score (nSPS) is 11.9. The number of rotatable bonds is 6. The number of carboxylic acids is 2. The molecule has 0 aliphatic carbocycles. The summed E-state index contributed by atoms with van der Waals surface area (Å²) in [6.07, 6.45) is 0.423. The van der Waals surface area contributed by atoms with Gasteiger partial charge in [-0.1, -0.05) is 72.7 Å². The predicted octanol–water partition coefficient (Wildman–Crippen LogP) is 0.797. The first-order valence-electron chi connectivity index (χ1n) is 7.32. The summed E-state index contributed by atoms with van der Waals surface area (Å²) in [6.45, 7) is 0. The molecule has 7 heteroatoms.